The zero-order valence-electron chi connectivity index (χ0n) is 16.2. The van der Waals surface area contributed by atoms with Gasteiger partial charge in [0.15, 0.2) is 0 Å². The van der Waals surface area contributed by atoms with Crippen LogP contribution in [0.1, 0.15) is 52.8 Å². The summed E-state index contributed by atoms with van der Waals surface area (Å²) < 4.78 is 6.13. The van der Waals surface area contributed by atoms with Gasteiger partial charge in [-0.05, 0) is 65.8 Å². The van der Waals surface area contributed by atoms with Crippen LogP contribution in [0, 0.1) is 3.57 Å². The number of methoxy groups -OCH3 is 1. The molecule has 0 aliphatic heterocycles. The summed E-state index contributed by atoms with van der Waals surface area (Å²) in [5.41, 5.74) is 1.67. The summed E-state index contributed by atoms with van der Waals surface area (Å²) in [5.74, 6) is 0.442. The molecule has 1 N–H and O–H groups in total. The van der Waals surface area contributed by atoms with Crippen molar-refractivity contribution < 1.29 is 14.3 Å². The number of benzene rings is 2. The third-order valence-corrected chi connectivity index (χ3v) is 6.00. The van der Waals surface area contributed by atoms with Gasteiger partial charge in [-0.25, -0.2) is 0 Å². The summed E-state index contributed by atoms with van der Waals surface area (Å²) in [4.78, 5) is 27.4. The second-order valence-electron chi connectivity index (χ2n) is 7.04. The number of para-hydroxylation sites is 1. The number of amides is 2. The van der Waals surface area contributed by atoms with Gasteiger partial charge in [0.1, 0.15) is 5.75 Å². The van der Waals surface area contributed by atoms with E-state index in [0.717, 1.165) is 35.0 Å². The smallest absolute Gasteiger partial charge is 0.258 e. The van der Waals surface area contributed by atoms with Crippen LogP contribution in [0.2, 0.25) is 0 Å². The van der Waals surface area contributed by atoms with Crippen LogP contribution < -0.4 is 15.0 Å². The molecule has 1 aliphatic carbocycles. The molecule has 1 fully saturated rings. The van der Waals surface area contributed by atoms with Crippen LogP contribution in [0.15, 0.2) is 42.5 Å². The Morgan fingerprint density at radius 2 is 1.82 bits per heavy atom. The van der Waals surface area contributed by atoms with E-state index in [4.69, 9.17) is 4.74 Å². The average Bonchev–Trinajstić information content (AvgIpc) is 2.73. The number of nitrogens with zero attached hydrogens (tertiary/aromatic N) is 1. The second-order valence-corrected chi connectivity index (χ2v) is 8.20. The second kappa shape index (κ2) is 9.41. The maximum absolute atomic E-state index is 13.0. The molecular formula is C22H25IN2O3. The normalized spacial score (nSPS) is 14.4. The van der Waals surface area contributed by atoms with Gasteiger partial charge in [0.05, 0.1) is 21.9 Å². The average molecular weight is 492 g/mol. The van der Waals surface area contributed by atoms with Gasteiger partial charge in [0.25, 0.3) is 11.8 Å². The Bertz CT molecular complexity index is 863. The fraction of sp³-hybridized carbons (Fsp3) is 0.364. The molecule has 2 amide bonds. The van der Waals surface area contributed by atoms with Gasteiger partial charge in [-0.2, -0.15) is 0 Å². The number of halogens is 1. The summed E-state index contributed by atoms with van der Waals surface area (Å²) in [7, 11) is 3.30. The van der Waals surface area contributed by atoms with Crippen LogP contribution in [0.5, 0.6) is 5.75 Å². The molecule has 0 spiro atoms. The molecule has 0 heterocycles. The predicted molar refractivity (Wildman–Crippen MR) is 119 cm³/mol. The molecule has 0 saturated heterocycles. The molecule has 1 aliphatic rings. The first-order valence-electron chi connectivity index (χ1n) is 9.52. The summed E-state index contributed by atoms with van der Waals surface area (Å²) >= 11 is 2.15. The molecule has 0 radical (unpaired) electrons. The van der Waals surface area contributed by atoms with E-state index in [-0.39, 0.29) is 17.9 Å². The molecule has 1 saturated carbocycles. The summed E-state index contributed by atoms with van der Waals surface area (Å²) in [5, 5.41) is 3.14. The van der Waals surface area contributed by atoms with E-state index >= 15 is 0 Å². The van der Waals surface area contributed by atoms with Gasteiger partial charge in [-0.3, -0.25) is 9.59 Å². The largest absolute Gasteiger partial charge is 0.496 e. The molecule has 0 atom stereocenters. The Hall–Kier alpha value is -2.09. The topological polar surface area (TPSA) is 58.6 Å². The first-order valence-corrected chi connectivity index (χ1v) is 10.6. The van der Waals surface area contributed by atoms with E-state index in [0.29, 0.717) is 16.8 Å². The van der Waals surface area contributed by atoms with Crippen molar-refractivity contribution in [1.82, 2.24) is 5.32 Å². The Morgan fingerprint density at radius 1 is 1.11 bits per heavy atom. The van der Waals surface area contributed by atoms with Crippen molar-refractivity contribution in [3.63, 3.8) is 0 Å². The van der Waals surface area contributed by atoms with Crippen LogP contribution in [0.4, 0.5) is 5.69 Å². The number of ether oxygens (including phenoxy) is 1. The first kappa shape index (κ1) is 20.6. The number of hydrogen-bond donors (Lipinski definition) is 1. The number of carbonyl (C=O) groups is 2. The minimum absolute atomic E-state index is 0.119. The first-order chi connectivity index (χ1) is 13.5. The Morgan fingerprint density at radius 3 is 2.50 bits per heavy atom. The molecule has 2 aromatic carbocycles. The Kier molecular flexibility index (Phi) is 6.93. The van der Waals surface area contributed by atoms with Crippen LogP contribution in [0.25, 0.3) is 0 Å². The molecule has 5 nitrogen and oxygen atoms in total. The molecule has 28 heavy (non-hydrogen) atoms. The van der Waals surface area contributed by atoms with Crippen molar-refractivity contribution in [2.75, 3.05) is 19.1 Å². The lowest BCUT2D eigenvalue weighted by atomic mass is 9.95. The lowest BCUT2D eigenvalue weighted by Crippen LogP contribution is -2.37. The molecule has 3 rings (SSSR count). The van der Waals surface area contributed by atoms with Gasteiger partial charge in [0.2, 0.25) is 0 Å². The maximum Gasteiger partial charge on any atom is 0.258 e. The standard InChI is InChI=1S/C22H25IN2O3/c1-25(22(27)15-12-13-20(28-2)18(23)14-15)19-11-7-6-10-17(19)21(26)24-16-8-4-3-5-9-16/h6-7,10-14,16H,3-5,8-9H2,1-2H3,(H,24,26). The van der Waals surface area contributed by atoms with E-state index in [1.54, 1.807) is 38.4 Å². The molecular weight excluding hydrogens is 467 g/mol. The third kappa shape index (κ3) is 4.66. The van der Waals surface area contributed by atoms with Crippen molar-refractivity contribution in [2.24, 2.45) is 0 Å². The number of rotatable bonds is 5. The monoisotopic (exact) mass is 492 g/mol. The minimum Gasteiger partial charge on any atom is -0.496 e. The van der Waals surface area contributed by atoms with E-state index in [1.807, 2.05) is 18.2 Å². The highest BCUT2D eigenvalue weighted by Gasteiger charge is 2.22. The van der Waals surface area contributed by atoms with E-state index in [1.165, 1.54) is 11.3 Å². The molecule has 0 unspecified atom stereocenters. The van der Waals surface area contributed by atoms with Crippen molar-refractivity contribution in [3.8, 4) is 5.75 Å². The van der Waals surface area contributed by atoms with Crippen LogP contribution in [-0.4, -0.2) is 32.0 Å². The number of nitrogens with one attached hydrogen (secondary N) is 1. The molecule has 2 aromatic rings. The van der Waals surface area contributed by atoms with Crippen LogP contribution in [0.3, 0.4) is 0 Å². The molecule has 0 aromatic heterocycles. The van der Waals surface area contributed by atoms with Gasteiger partial charge in [0, 0.05) is 18.7 Å². The highest BCUT2D eigenvalue weighted by Crippen LogP contribution is 2.26. The van der Waals surface area contributed by atoms with E-state index in [2.05, 4.69) is 27.9 Å². The predicted octanol–water partition coefficient (Wildman–Crippen LogP) is 4.64. The Labute approximate surface area is 179 Å². The summed E-state index contributed by atoms with van der Waals surface area (Å²) in [6.07, 6.45) is 5.59. The molecule has 6 heteroatoms. The van der Waals surface area contributed by atoms with Gasteiger partial charge in [-0.15, -0.1) is 0 Å². The van der Waals surface area contributed by atoms with Crippen molar-refractivity contribution >= 4 is 40.1 Å². The van der Waals surface area contributed by atoms with Crippen molar-refractivity contribution in [3.05, 3.63) is 57.2 Å². The lowest BCUT2D eigenvalue weighted by Gasteiger charge is -2.25. The zero-order valence-corrected chi connectivity index (χ0v) is 18.4. The Balaban J connectivity index is 1.81. The van der Waals surface area contributed by atoms with Crippen molar-refractivity contribution in [2.45, 2.75) is 38.1 Å². The fourth-order valence-corrected chi connectivity index (χ4v) is 4.31. The fourth-order valence-electron chi connectivity index (χ4n) is 3.57. The van der Waals surface area contributed by atoms with Crippen LogP contribution >= 0.6 is 22.6 Å². The SMILES string of the molecule is COc1ccc(C(=O)N(C)c2ccccc2C(=O)NC2CCCCC2)cc1I. The van der Waals surface area contributed by atoms with Gasteiger partial charge < -0.3 is 15.0 Å². The summed E-state index contributed by atoms with van der Waals surface area (Å²) in [6, 6.07) is 12.8. The highest BCUT2D eigenvalue weighted by molar-refractivity contribution is 14.1. The van der Waals surface area contributed by atoms with E-state index < -0.39 is 0 Å². The van der Waals surface area contributed by atoms with Crippen molar-refractivity contribution in [1.29, 1.82) is 0 Å². The number of anilines is 1. The van der Waals surface area contributed by atoms with Crippen LogP contribution in [-0.2, 0) is 0 Å². The van der Waals surface area contributed by atoms with Gasteiger partial charge >= 0.3 is 0 Å². The molecule has 0 bridgehead atoms. The lowest BCUT2D eigenvalue weighted by molar-refractivity contribution is 0.0928. The quantitative estimate of drug-likeness (QED) is 0.619. The summed E-state index contributed by atoms with van der Waals surface area (Å²) in [6.45, 7) is 0. The minimum atomic E-state index is -0.168. The van der Waals surface area contributed by atoms with E-state index in [9.17, 15) is 9.59 Å². The van der Waals surface area contributed by atoms with Gasteiger partial charge in [-0.1, -0.05) is 31.4 Å². The zero-order chi connectivity index (χ0) is 20.1. The highest BCUT2D eigenvalue weighted by atomic mass is 127. The number of hydrogen-bond acceptors (Lipinski definition) is 3. The third-order valence-electron chi connectivity index (χ3n) is 5.15. The number of carbonyl (C=O) groups excluding carboxylic acids is 2. The maximum atomic E-state index is 13.0. The molecule has 148 valence electrons.